The maximum Gasteiger partial charge on any atom is 0.0575 e. The molecular weight excluding hydrogens is 198 g/mol. The Morgan fingerprint density at radius 2 is 1.69 bits per heavy atom. The maximum atomic E-state index is 9.72. The van der Waals surface area contributed by atoms with Crippen molar-refractivity contribution in [2.24, 2.45) is 17.3 Å². The van der Waals surface area contributed by atoms with Crippen molar-refractivity contribution in [2.75, 3.05) is 19.6 Å². The van der Waals surface area contributed by atoms with Crippen LogP contribution in [0.15, 0.2) is 0 Å². The van der Waals surface area contributed by atoms with E-state index in [4.69, 9.17) is 0 Å². The highest BCUT2D eigenvalue weighted by atomic mass is 16.3. The summed E-state index contributed by atoms with van der Waals surface area (Å²) in [7, 11) is 0. The van der Waals surface area contributed by atoms with Crippen LogP contribution in [0.25, 0.3) is 0 Å². The second kappa shape index (κ2) is 5.50. The molecule has 0 amide bonds. The van der Waals surface area contributed by atoms with Crippen LogP contribution in [-0.4, -0.2) is 35.7 Å². The van der Waals surface area contributed by atoms with Crippen LogP contribution in [0.3, 0.4) is 0 Å². The molecule has 16 heavy (non-hydrogen) atoms. The fourth-order valence-corrected chi connectivity index (χ4v) is 2.49. The van der Waals surface area contributed by atoms with Crippen LogP contribution in [0, 0.1) is 17.3 Å². The van der Waals surface area contributed by atoms with Gasteiger partial charge in [-0.05, 0) is 44.7 Å². The fraction of sp³-hybridized carbons (Fsp3) is 1.00. The lowest BCUT2D eigenvalue weighted by Gasteiger charge is -2.39. The van der Waals surface area contributed by atoms with E-state index in [1.807, 2.05) is 6.92 Å². The van der Waals surface area contributed by atoms with Gasteiger partial charge in [-0.15, -0.1) is 0 Å². The molecule has 0 spiro atoms. The number of hydrogen-bond donors (Lipinski definition) is 1. The van der Waals surface area contributed by atoms with Crippen LogP contribution in [-0.2, 0) is 0 Å². The lowest BCUT2D eigenvalue weighted by Crippen LogP contribution is -2.44. The molecule has 1 fully saturated rings. The van der Waals surface area contributed by atoms with E-state index in [0.717, 1.165) is 18.4 Å². The average Bonchev–Trinajstić information content (AvgIpc) is 2.17. The van der Waals surface area contributed by atoms with Crippen molar-refractivity contribution >= 4 is 0 Å². The van der Waals surface area contributed by atoms with Crippen LogP contribution in [0.1, 0.15) is 47.5 Å². The number of hydrogen-bond acceptors (Lipinski definition) is 2. The molecule has 2 nitrogen and oxygen atoms in total. The fourth-order valence-electron chi connectivity index (χ4n) is 2.49. The van der Waals surface area contributed by atoms with Gasteiger partial charge in [0.15, 0.2) is 0 Å². The Kier molecular flexibility index (Phi) is 4.81. The number of aliphatic hydroxyl groups is 1. The Morgan fingerprint density at radius 3 is 2.06 bits per heavy atom. The molecule has 1 aliphatic rings. The third-order valence-corrected chi connectivity index (χ3v) is 4.34. The van der Waals surface area contributed by atoms with Crippen LogP contribution < -0.4 is 0 Å². The summed E-state index contributed by atoms with van der Waals surface area (Å²) in [5.74, 6) is 1.73. The summed E-state index contributed by atoms with van der Waals surface area (Å²) in [6.45, 7) is 14.3. The van der Waals surface area contributed by atoms with Crippen LogP contribution in [0.4, 0.5) is 0 Å². The molecule has 96 valence electrons. The van der Waals surface area contributed by atoms with Gasteiger partial charge in [0.2, 0.25) is 0 Å². The zero-order valence-electron chi connectivity index (χ0n) is 11.7. The summed E-state index contributed by atoms with van der Waals surface area (Å²) in [5, 5.41) is 9.72. The van der Waals surface area contributed by atoms with Gasteiger partial charge in [0, 0.05) is 12.0 Å². The minimum absolute atomic E-state index is 0.0185. The third-order valence-electron chi connectivity index (χ3n) is 4.34. The van der Waals surface area contributed by atoms with Gasteiger partial charge in [-0.2, -0.15) is 0 Å². The molecule has 0 radical (unpaired) electrons. The predicted molar refractivity (Wildman–Crippen MR) is 69.5 cm³/mol. The summed E-state index contributed by atoms with van der Waals surface area (Å²) in [4.78, 5) is 2.52. The van der Waals surface area contributed by atoms with Crippen molar-refractivity contribution in [1.29, 1.82) is 0 Å². The van der Waals surface area contributed by atoms with Crippen molar-refractivity contribution in [3.05, 3.63) is 0 Å². The monoisotopic (exact) mass is 227 g/mol. The van der Waals surface area contributed by atoms with Gasteiger partial charge in [-0.1, -0.05) is 27.7 Å². The molecule has 1 atom stereocenters. The first-order valence-electron chi connectivity index (χ1n) is 6.73. The van der Waals surface area contributed by atoms with Gasteiger partial charge in [0.1, 0.15) is 0 Å². The number of piperidine rings is 1. The minimum atomic E-state index is -0.227. The van der Waals surface area contributed by atoms with Crippen molar-refractivity contribution in [3.63, 3.8) is 0 Å². The Labute approximate surface area is 101 Å². The molecule has 1 heterocycles. The third kappa shape index (κ3) is 3.74. The van der Waals surface area contributed by atoms with Crippen molar-refractivity contribution in [3.8, 4) is 0 Å². The SMILES string of the molecule is CC(C)C1CCN(CC(C)(C)C(C)O)CC1. The second-order valence-corrected chi connectivity index (χ2v) is 6.52. The van der Waals surface area contributed by atoms with Gasteiger partial charge in [-0.3, -0.25) is 0 Å². The Hall–Kier alpha value is -0.0800. The predicted octanol–water partition coefficient (Wildman–Crippen LogP) is 2.76. The van der Waals surface area contributed by atoms with E-state index in [1.165, 1.54) is 25.9 Å². The van der Waals surface area contributed by atoms with Gasteiger partial charge < -0.3 is 10.0 Å². The lowest BCUT2D eigenvalue weighted by atomic mass is 9.83. The standard InChI is InChI=1S/C14H29NO/c1-11(2)13-6-8-15(9-7-13)10-14(4,5)12(3)16/h11-13,16H,6-10H2,1-5H3. The molecule has 1 saturated heterocycles. The molecule has 0 aromatic rings. The summed E-state index contributed by atoms with van der Waals surface area (Å²) in [6.07, 6.45) is 2.43. The van der Waals surface area contributed by atoms with Crippen molar-refractivity contribution in [1.82, 2.24) is 4.90 Å². The molecule has 1 rings (SSSR count). The second-order valence-electron chi connectivity index (χ2n) is 6.52. The Morgan fingerprint density at radius 1 is 1.19 bits per heavy atom. The van der Waals surface area contributed by atoms with E-state index in [0.29, 0.717) is 0 Å². The van der Waals surface area contributed by atoms with Gasteiger partial charge in [0.25, 0.3) is 0 Å². The Bertz CT molecular complexity index is 203. The van der Waals surface area contributed by atoms with Crippen molar-refractivity contribution in [2.45, 2.75) is 53.6 Å². The smallest absolute Gasteiger partial charge is 0.0575 e. The molecule has 0 aromatic heterocycles. The van der Waals surface area contributed by atoms with Crippen LogP contribution in [0.2, 0.25) is 0 Å². The normalized spacial score (nSPS) is 22.7. The first kappa shape index (κ1) is 14.0. The van der Waals surface area contributed by atoms with Gasteiger partial charge in [0.05, 0.1) is 6.10 Å². The highest BCUT2D eigenvalue weighted by molar-refractivity contribution is 4.82. The number of likely N-dealkylation sites (tertiary alicyclic amines) is 1. The number of aliphatic hydroxyl groups excluding tert-OH is 1. The van der Waals surface area contributed by atoms with E-state index in [9.17, 15) is 5.11 Å². The van der Waals surface area contributed by atoms with E-state index < -0.39 is 0 Å². The van der Waals surface area contributed by atoms with Gasteiger partial charge >= 0.3 is 0 Å². The zero-order chi connectivity index (χ0) is 12.3. The first-order valence-corrected chi connectivity index (χ1v) is 6.73. The molecular formula is C14H29NO. The molecule has 1 aliphatic heterocycles. The average molecular weight is 227 g/mol. The largest absolute Gasteiger partial charge is 0.393 e. The number of rotatable bonds is 4. The first-order chi connectivity index (χ1) is 7.33. The van der Waals surface area contributed by atoms with Crippen LogP contribution in [0.5, 0.6) is 0 Å². The van der Waals surface area contributed by atoms with E-state index in [-0.39, 0.29) is 11.5 Å². The maximum absolute atomic E-state index is 9.72. The van der Waals surface area contributed by atoms with E-state index in [1.54, 1.807) is 0 Å². The van der Waals surface area contributed by atoms with Gasteiger partial charge in [-0.25, -0.2) is 0 Å². The summed E-state index contributed by atoms with van der Waals surface area (Å²) in [6, 6.07) is 0. The highest BCUT2D eigenvalue weighted by Crippen LogP contribution is 2.28. The molecule has 2 heteroatoms. The zero-order valence-corrected chi connectivity index (χ0v) is 11.7. The lowest BCUT2D eigenvalue weighted by molar-refractivity contribution is 0.0223. The summed E-state index contributed by atoms with van der Waals surface area (Å²) >= 11 is 0. The summed E-state index contributed by atoms with van der Waals surface area (Å²) in [5.41, 5.74) is 0.0185. The molecule has 0 bridgehead atoms. The molecule has 0 saturated carbocycles. The highest BCUT2D eigenvalue weighted by Gasteiger charge is 2.29. The molecule has 1 N–H and O–H groups in total. The molecule has 0 aromatic carbocycles. The number of nitrogens with zero attached hydrogens (tertiary/aromatic N) is 1. The Balaban J connectivity index is 2.37. The molecule has 1 unspecified atom stereocenters. The molecule has 0 aliphatic carbocycles. The quantitative estimate of drug-likeness (QED) is 0.798. The van der Waals surface area contributed by atoms with Crippen LogP contribution >= 0.6 is 0 Å². The van der Waals surface area contributed by atoms with E-state index >= 15 is 0 Å². The topological polar surface area (TPSA) is 23.5 Å². The minimum Gasteiger partial charge on any atom is -0.393 e. The van der Waals surface area contributed by atoms with Crippen molar-refractivity contribution < 1.29 is 5.11 Å². The van der Waals surface area contributed by atoms with E-state index in [2.05, 4.69) is 32.6 Å². The summed E-state index contributed by atoms with van der Waals surface area (Å²) < 4.78 is 0.